The lowest BCUT2D eigenvalue weighted by Gasteiger charge is -2.20. The molecule has 0 bridgehead atoms. The Morgan fingerprint density at radius 2 is 2.17 bits per heavy atom. The highest BCUT2D eigenvalue weighted by molar-refractivity contribution is 7.16. The van der Waals surface area contributed by atoms with E-state index in [1.807, 2.05) is 12.1 Å². The van der Waals surface area contributed by atoms with Gasteiger partial charge in [0, 0.05) is 9.90 Å². The van der Waals surface area contributed by atoms with Gasteiger partial charge in [-0.25, -0.2) is 0 Å². The Balaban J connectivity index is 1.75. The van der Waals surface area contributed by atoms with Crippen LogP contribution in [0.3, 0.4) is 0 Å². The quantitative estimate of drug-likeness (QED) is 0.838. The fourth-order valence-electron chi connectivity index (χ4n) is 3.17. The Hall–Kier alpha value is -1.83. The number of thiophene rings is 1. The topological polar surface area (TPSA) is 52.9 Å². The molecular formula is C19H19ClN2OS. The summed E-state index contributed by atoms with van der Waals surface area (Å²) in [5, 5.41) is 13.8. The van der Waals surface area contributed by atoms with Crippen molar-refractivity contribution in [1.82, 2.24) is 0 Å². The first-order valence-electron chi connectivity index (χ1n) is 8.19. The molecule has 1 atom stereocenters. The summed E-state index contributed by atoms with van der Waals surface area (Å²) in [7, 11) is 0. The van der Waals surface area contributed by atoms with E-state index in [-0.39, 0.29) is 12.3 Å². The molecule has 1 heterocycles. The molecule has 0 saturated carbocycles. The maximum absolute atomic E-state index is 12.3. The highest BCUT2D eigenvalue weighted by atomic mass is 35.5. The predicted octanol–water partition coefficient (Wildman–Crippen LogP) is 4.97. The first-order chi connectivity index (χ1) is 11.6. The van der Waals surface area contributed by atoms with E-state index >= 15 is 0 Å². The molecule has 1 amide bonds. The van der Waals surface area contributed by atoms with Crippen LogP contribution < -0.4 is 5.32 Å². The molecule has 0 radical (unpaired) electrons. The van der Waals surface area contributed by atoms with Crippen LogP contribution in [0.15, 0.2) is 24.3 Å². The molecule has 2 aromatic rings. The molecule has 0 aliphatic heterocycles. The maximum atomic E-state index is 12.3. The van der Waals surface area contributed by atoms with Crippen LogP contribution in [0.2, 0.25) is 5.02 Å². The third-order valence-electron chi connectivity index (χ3n) is 4.59. The minimum absolute atomic E-state index is 0.0977. The molecule has 1 aliphatic rings. The summed E-state index contributed by atoms with van der Waals surface area (Å²) < 4.78 is 0. The zero-order chi connectivity index (χ0) is 17.1. The molecular weight excluding hydrogens is 340 g/mol. The number of amides is 1. The number of rotatable bonds is 4. The lowest BCUT2D eigenvalue weighted by atomic mass is 9.86. The van der Waals surface area contributed by atoms with E-state index < -0.39 is 0 Å². The largest absolute Gasteiger partial charge is 0.316 e. The first-order valence-corrected chi connectivity index (χ1v) is 9.39. The monoisotopic (exact) mass is 358 g/mol. The summed E-state index contributed by atoms with van der Waals surface area (Å²) in [4.78, 5) is 13.6. The highest BCUT2D eigenvalue weighted by Gasteiger charge is 2.25. The van der Waals surface area contributed by atoms with E-state index in [0.717, 1.165) is 36.8 Å². The van der Waals surface area contributed by atoms with Gasteiger partial charge < -0.3 is 5.32 Å². The summed E-state index contributed by atoms with van der Waals surface area (Å²) in [5.74, 6) is 0.597. The van der Waals surface area contributed by atoms with Crippen molar-refractivity contribution in [3.05, 3.63) is 50.9 Å². The number of nitriles is 1. The normalized spacial score (nSPS) is 16.3. The van der Waals surface area contributed by atoms with E-state index in [1.165, 1.54) is 4.88 Å². The zero-order valence-corrected chi connectivity index (χ0v) is 15.1. The van der Waals surface area contributed by atoms with E-state index in [1.54, 1.807) is 23.5 Å². The van der Waals surface area contributed by atoms with Crippen molar-refractivity contribution in [3.8, 4) is 6.07 Å². The van der Waals surface area contributed by atoms with Crippen molar-refractivity contribution in [2.45, 2.75) is 39.0 Å². The van der Waals surface area contributed by atoms with Crippen LogP contribution in [0, 0.1) is 17.2 Å². The van der Waals surface area contributed by atoms with Crippen LogP contribution in [0.25, 0.3) is 0 Å². The van der Waals surface area contributed by atoms with Crippen LogP contribution in [-0.2, 0) is 24.1 Å². The van der Waals surface area contributed by atoms with Gasteiger partial charge in [0.15, 0.2) is 0 Å². The average molecular weight is 359 g/mol. The third-order valence-corrected chi connectivity index (χ3v) is 6.01. The number of anilines is 1. The van der Waals surface area contributed by atoms with Crippen LogP contribution in [0.5, 0.6) is 0 Å². The van der Waals surface area contributed by atoms with Gasteiger partial charge in [0.2, 0.25) is 5.91 Å². The number of carbonyl (C=O) groups is 1. The minimum Gasteiger partial charge on any atom is -0.316 e. The number of fused-ring (bicyclic) bond motifs is 1. The maximum Gasteiger partial charge on any atom is 0.229 e. The molecule has 0 unspecified atom stereocenters. The molecule has 1 aliphatic carbocycles. The number of nitrogens with one attached hydrogen (secondary N) is 1. The average Bonchev–Trinajstić information content (AvgIpc) is 2.92. The molecule has 124 valence electrons. The lowest BCUT2D eigenvalue weighted by Crippen LogP contribution is -2.14. The summed E-state index contributed by atoms with van der Waals surface area (Å²) in [5.41, 5.74) is 2.71. The Morgan fingerprint density at radius 3 is 2.83 bits per heavy atom. The van der Waals surface area contributed by atoms with Gasteiger partial charge in [-0.05, 0) is 48.4 Å². The molecule has 0 saturated heterocycles. The number of carbonyl (C=O) groups excluding carboxylic acids is 1. The van der Waals surface area contributed by atoms with E-state index in [2.05, 4.69) is 18.3 Å². The third kappa shape index (κ3) is 3.63. The molecule has 3 rings (SSSR count). The van der Waals surface area contributed by atoms with Crippen molar-refractivity contribution < 1.29 is 4.79 Å². The lowest BCUT2D eigenvalue weighted by molar-refractivity contribution is -0.115. The van der Waals surface area contributed by atoms with Gasteiger partial charge in [-0.15, -0.1) is 11.3 Å². The van der Waals surface area contributed by atoms with Gasteiger partial charge in [0.05, 0.1) is 12.0 Å². The number of halogens is 1. The Bertz CT molecular complexity index is 789. The SMILES string of the molecule is CC[C@@H]1CCc2c(sc(NC(=O)Cc3ccc(Cl)cc3)c2C#N)C1. The van der Waals surface area contributed by atoms with Gasteiger partial charge in [0.1, 0.15) is 11.1 Å². The second kappa shape index (κ2) is 7.38. The Morgan fingerprint density at radius 1 is 1.42 bits per heavy atom. The molecule has 1 aromatic heterocycles. The van der Waals surface area contributed by atoms with E-state index in [4.69, 9.17) is 11.6 Å². The first kappa shape index (κ1) is 17.0. The minimum atomic E-state index is -0.0977. The van der Waals surface area contributed by atoms with Crippen molar-refractivity contribution in [1.29, 1.82) is 5.26 Å². The van der Waals surface area contributed by atoms with Crippen LogP contribution in [0.4, 0.5) is 5.00 Å². The number of hydrogen-bond donors (Lipinski definition) is 1. The number of nitrogens with zero attached hydrogens (tertiary/aromatic N) is 1. The summed E-state index contributed by atoms with van der Waals surface area (Å²) in [6, 6.07) is 9.54. The van der Waals surface area contributed by atoms with Crippen molar-refractivity contribution in [3.63, 3.8) is 0 Å². The number of hydrogen-bond acceptors (Lipinski definition) is 3. The van der Waals surface area contributed by atoms with Crippen molar-refractivity contribution in [2.24, 2.45) is 5.92 Å². The summed E-state index contributed by atoms with van der Waals surface area (Å²) >= 11 is 7.44. The predicted molar refractivity (Wildman–Crippen MR) is 98.6 cm³/mol. The summed E-state index contributed by atoms with van der Waals surface area (Å²) in [6.07, 6.45) is 4.55. The molecule has 3 nitrogen and oxygen atoms in total. The fraction of sp³-hybridized carbons (Fsp3) is 0.368. The Kier molecular flexibility index (Phi) is 5.23. The molecule has 0 fully saturated rings. The molecule has 1 aromatic carbocycles. The van der Waals surface area contributed by atoms with Crippen molar-refractivity contribution >= 4 is 33.8 Å². The molecule has 0 spiro atoms. The van der Waals surface area contributed by atoms with E-state index in [0.29, 0.717) is 21.5 Å². The standard InChI is InChI=1S/C19H19ClN2OS/c1-2-12-5-8-15-16(11-21)19(24-17(15)9-12)22-18(23)10-13-3-6-14(20)7-4-13/h3-4,6-7,12H,2,5,8-10H2,1H3,(H,22,23)/t12-/m1/s1. The Labute approximate surface area is 151 Å². The number of benzene rings is 1. The fourth-order valence-corrected chi connectivity index (χ4v) is 4.62. The van der Waals surface area contributed by atoms with Crippen LogP contribution >= 0.6 is 22.9 Å². The highest BCUT2D eigenvalue weighted by Crippen LogP contribution is 2.40. The van der Waals surface area contributed by atoms with Gasteiger partial charge >= 0.3 is 0 Å². The van der Waals surface area contributed by atoms with Crippen LogP contribution in [-0.4, -0.2) is 5.91 Å². The second-order valence-corrected chi connectivity index (χ2v) is 7.73. The van der Waals surface area contributed by atoms with Crippen molar-refractivity contribution in [2.75, 3.05) is 5.32 Å². The molecule has 1 N–H and O–H groups in total. The van der Waals surface area contributed by atoms with Gasteiger partial charge in [0.25, 0.3) is 0 Å². The van der Waals surface area contributed by atoms with Gasteiger partial charge in [-0.1, -0.05) is 37.1 Å². The molecule has 24 heavy (non-hydrogen) atoms. The zero-order valence-electron chi connectivity index (χ0n) is 13.6. The van der Waals surface area contributed by atoms with Crippen LogP contribution in [0.1, 0.15) is 41.3 Å². The van der Waals surface area contributed by atoms with E-state index in [9.17, 15) is 10.1 Å². The molecule has 5 heteroatoms. The van der Waals surface area contributed by atoms with Gasteiger partial charge in [-0.2, -0.15) is 5.26 Å². The van der Waals surface area contributed by atoms with Gasteiger partial charge in [-0.3, -0.25) is 4.79 Å². The second-order valence-electron chi connectivity index (χ2n) is 6.19. The summed E-state index contributed by atoms with van der Waals surface area (Å²) in [6.45, 7) is 2.21. The smallest absolute Gasteiger partial charge is 0.229 e.